The number of carbonyl (C=O) groups excluding carboxylic acids is 1. The smallest absolute Gasteiger partial charge is 0.223 e. The average molecular weight is 328 g/mol. The Bertz CT molecular complexity index is 618. The molecule has 1 aromatic heterocycles. The third kappa shape index (κ3) is 3.86. The van der Waals surface area contributed by atoms with Crippen LogP contribution in [0.25, 0.3) is 0 Å². The van der Waals surface area contributed by atoms with Gasteiger partial charge in [0.25, 0.3) is 0 Å². The molecule has 0 radical (unpaired) electrons. The molecule has 0 saturated carbocycles. The van der Waals surface area contributed by atoms with Crippen molar-refractivity contribution in [2.45, 2.75) is 39.3 Å². The molecular formula is C14H24N4O3S. The molecule has 1 fully saturated rings. The fourth-order valence-corrected chi connectivity index (χ4v) is 3.70. The van der Waals surface area contributed by atoms with E-state index >= 15 is 0 Å². The van der Waals surface area contributed by atoms with Crippen molar-refractivity contribution in [1.29, 1.82) is 0 Å². The minimum atomic E-state index is -3.15. The number of sulfonamides is 1. The van der Waals surface area contributed by atoms with Gasteiger partial charge in [0, 0.05) is 31.7 Å². The largest absolute Gasteiger partial charge is 0.348 e. The minimum Gasteiger partial charge on any atom is -0.348 e. The van der Waals surface area contributed by atoms with Gasteiger partial charge in [0.1, 0.15) is 0 Å². The summed E-state index contributed by atoms with van der Waals surface area (Å²) in [6.07, 6.45) is 4.07. The van der Waals surface area contributed by atoms with Crippen LogP contribution in [0.3, 0.4) is 0 Å². The fraction of sp³-hybridized carbons (Fsp3) is 0.714. The highest BCUT2D eigenvalue weighted by Gasteiger charge is 2.29. The zero-order chi connectivity index (χ0) is 16.3. The van der Waals surface area contributed by atoms with Gasteiger partial charge in [0.05, 0.1) is 18.0 Å². The number of carbonyl (C=O) groups is 1. The lowest BCUT2D eigenvalue weighted by atomic mass is 9.97. The number of rotatable bonds is 5. The van der Waals surface area contributed by atoms with Crippen molar-refractivity contribution >= 4 is 15.9 Å². The summed E-state index contributed by atoms with van der Waals surface area (Å²) in [5.41, 5.74) is 0.976. The SMILES string of the molecule is CCn1nccc1[C@H](C)NC(=O)C1CCN(S(C)(=O)=O)CC1. The Morgan fingerprint density at radius 1 is 1.45 bits per heavy atom. The first kappa shape index (κ1) is 17.0. The van der Waals surface area contributed by atoms with Gasteiger partial charge in [-0.2, -0.15) is 5.10 Å². The van der Waals surface area contributed by atoms with E-state index in [9.17, 15) is 13.2 Å². The van der Waals surface area contributed by atoms with E-state index in [1.807, 2.05) is 24.6 Å². The molecule has 0 bridgehead atoms. The molecule has 7 nitrogen and oxygen atoms in total. The quantitative estimate of drug-likeness (QED) is 0.864. The van der Waals surface area contributed by atoms with Gasteiger partial charge in [-0.25, -0.2) is 12.7 Å². The number of aromatic nitrogens is 2. The predicted octanol–water partition coefficient (Wildman–Crippen LogP) is 0.752. The Kier molecular flexibility index (Phi) is 5.23. The second-order valence-electron chi connectivity index (χ2n) is 5.74. The van der Waals surface area contributed by atoms with Gasteiger partial charge >= 0.3 is 0 Å². The van der Waals surface area contributed by atoms with Gasteiger partial charge < -0.3 is 5.32 Å². The zero-order valence-corrected chi connectivity index (χ0v) is 14.1. The van der Waals surface area contributed by atoms with E-state index in [1.165, 1.54) is 10.6 Å². The van der Waals surface area contributed by atoms with Crippen molar-refractivity contribution in [3.8, 4) is 0 Å². The summed E-state index contributed by atoms with van der Waals surface area (Å²) >= 11 is 0. The average Bonchev–Trinajstić information content (AvgIpc) is 2.95. The van der Waals surface area contributed by atoms with E-state index in [4.69, 9.17) is 0 Å². The summed E-state index contributed by atoms with van der Waals surface area (Å²) in [4.78, 5) is 12.4. The van der Waals surface area contributed by atoms with E-state index in [-0.39, 0.29) is 17.9 Å². The van der Waals surface area contributed by atoms with Gasteiger partial charge in [0.2, 0.25) is 15.9 Å². The third-order valence-corrected chi connectivity index (χ3v) is 5.45. The lowest BCUT2D eigenvalue weighted by Gasteiger charge is -2.30. The van der Waals surface area contributed by atoms with Gasteiger partial charge in [-0.3, -0.25) is 9.48 Å². The Balaban J connectivity index is 1.91. The predicted molar refractivity (Wildman–Crippen MR) is 83.6 cm³/mol. The van der Waals surface area contributed by atoms with E-state index in [1.54, 1.807) is 6.20 Å². The van der Waals surface area contributed by atoms with Gasteiger partial charge in [0.15, 0.2) is 0 Å². The Hall–Kier alpha value is -1.41. The van der Waals surface area contributed by atoms with Crippen molar-refractivity contribution in [3.05, 3.63) is 18.0 Å². The summed E-state index contributed by atoms with van der Waals surface area (Å²) in [6.45, 7) is 5.53. The van der Waals surface area contributed by atoms with Crippen molar-refractivity contribution in [2.24, 2.45) is 5.92 Å². The monoisotopic (exact) mass is 328 g/mol. The molecule has 22 heavy (non-hydrogen) atoms. The van der Waals surface area contributed by atoms with Crippen LogP contribution in [-0.2, 0) is 21.4 Å². The fourth-order valence-electron chi connectivity index (χ4n) is 2.83. The number of amides is 1. The zero-order valence-electron chi connectivity index (χ0n) is 13.3. The highest BCUT2D eigenvalue weighted by atomic mass is 32.2. The first-order valence-electron chi connectivity index (χ1n) is 7.60. The highest BCUT2D eigenvalue weighted by Crippen LogP contribution is 2.21. The number of piperidine rings is 1. The lowest BCUT2D eigenvalue weighted by Crippen LogP contribution is -2.43. The molecule has 124 valence electrons. The molecule has 1 aromatic rings. The van der Waals surface area contributed by atoms with Crippen LogP contribution in [0.4, 0.5) is 0 Å². The van der Waals surface area contributed by atoms with Crippen LogP contribution < -0.4 is 5.32 Å². The molecule has 1 aliphatic heterocycles. The summed E-state index contributed by atoms with van der Waals surface area (Å²) < 4.78 is 26.3. The van der Waals surface area contributed by atoms with Crippen LogP contribution in [0.5, 0.6) is 0 Å². The summed E-state index contributed by atoms with van der Waals surface area (Å²) in [7, 11) is -3.15. The number of hydrogen-bond donors (Lipinski definition) is 1. The molecule has 0 spiro atoms. The Morgan fingerprint density at radius 3 is 2.64 bits per heavy atom. The molecule has 1 amide bonds. The van der Waals surface area contributed by atoms with Crippen LogP contribution in [0.2, 0.25) is 0 Å². The van der Waals surface area contributed by atoms with Crippen molar-refractivity contribution in [3.63, 3.8) is 0 Å². The standard InChI is InChI=1S/C14H24N4O3S/c1-4-18-13(5-8-15-18)11(2)16-14(19)12-6-9-17(10-7-12)22(3,20)21/h5,8,11-12H,4,6-7,9-10H2,1-3H3,(H,16,19)/t11-/m0/s1. The number of hydrogen-bond acceptors (Lipinski definition) is 4. The van der Waals surface area contributed by atoms with Crippen molar-refractivity contribution in [2.75, 3.05) is 19.3 Å². The molecular weight excluding hydrogens is 304 g/mol. The van der Waals surface area contributed by atoms with Crippen molar-refractivity contribution in [1.82, 2.24) is 19.4 Å². The van der Waals surface area contributed by atoms with Crippen LogP contribution >= 0.6 is 0 Å². The maximum Gasteiger partial charge on any atom is 0.223 e. The minimum absolute atomic E-state index is 0.00972. The second-order valence-corrected chi connectivity index (χ2v) is 7.72. The van der Waals surface area contributed by atoms with E-state index in [0.717, 1.165) is 12.2 Å². The first-order valence-corrected chi connectivity index (χ1v) is 9.45. The van der Waals surface area contributed by atoms with Crippen LogP contribution in [-0.4, -0.2) is 47.8 Å². The van der Waals surface area contributed by atoms with Gasteiger partial charge in [-0.15, -0.1) is 0 Å². The van der Waals surface area contributed by atoms with E-state index in [0.29, 0.717) is 25.9 Å². The maximum absolute atomic E-state index is 12.4. The summed E-state index contributed by atoms with van der Waals surface area (Å²) in [6, 6.07) is 1.80. The summed E-state index contributed by atoms with van der Waals surface area (Å²) in [5, 5.41) is 7.22. The summed E-state index contributed by atoms with van der Waals surface area (Å²) in [5.74, 6) is -0.136. The van der Waals surface area contributed by atoms with Crippen molar-refractivity contribution < 1.29 is 13.2 Å². The van der Waals surface area contributed by atoms with E-state index < -0.39 is 10.0 Å². The molecule has 1 aliphatic rings. The Morgan fingerprint density at radius 2 is 2.09 bits per heavy atom. The van der Waals surface area contributed by atoms with Crippen LogP contribution in [0.15, 0.2) is 12.3 Å². The number of nitrogens with one attached hydrogen (secondary N) is 1. The molecule has 8 heteroatoms. The highest BCUT2D eigenvalue weighted by molar-refractivity contribution is 7.88. The molecule has 1 saturated heterocycles. The van der Waals surface area contributed by atoms with Crippen LogP contribution in [0.1, 0.15) is 38.4 Å². The van der Waals surface area contributed by atoms with Crippen LogP contribution in [0, 0.1) is 5.92 Å². The maximum atomic E-state index is 12.4. The Labute approximate surface area is 131 Å². The number of nitrogens with zero attached hydrogens (tertiary/aromatic N) is 3. The second kappa shape index (κ2) is 6.78. The molecule has 2 heterocycles. The molecule has 0 unspecified atom stereocenters. The first-order chi connectivity index (χ1) is 10.3. The van der Waals surface area contributed by atoms with Gasteiger partial charge in [-0.05, 0) is 32.8 Å². The molecule has 1 atom stereocenters. The normalized spacial score (nSPS) is 19.0. The van der Waals surface area contributed by atoms with Gasteiger partial charge in [-0.1, -0.05) is 0 Å². The van der Waals surface area contributed by atoms with E-state index in [2.05, 4.69) is 10.4 Å². The third-order valence-electron chi connectivity index (χ3n) is 4.15. The topological polar surface area (TPSA) is 84.3 Å². The number of aryl methyl sites for hydroxylation is 1. The molecule has 1 N–H and O–H groups in total. The molecule has 0 aliphatic carbocycles. The lowest BCUT2D eigenvalue weighted by molar-refractivity contribution is -0.126. The molecule has 2 rings (SSSR count). The molecule has 0 aromatic carbocycles.